The number of rotatable bonds is 15. The Labute approximate surface area is 267 Å². The molecule has 3 rings (SSSR count). The molecular formula is C32H42N6O8. The number of nitrogens with two attached hydrogens (primary N) is 2. The van der Waals surface area contributed by atoms with Gasteiger partial charge in [-0.3, -0.25) is 24.0 Å². The molecule has 1 fully saturated rings. The molecule has 2 aromatic rings. The van der Waals surface area contributed by atoms with Gasteiger partial charge in [-0.05, 0) is 42.0 Å². The molecule has 0 saturated carbocycles. The lowest BCUT2D eigenvalue weighted by molar-refractivity contribution is -0.142. The molecule has 8 N–H and O–H groups in total. The Morgan fingerprint density at radius 2 is 1.61 bits per heavy atom. The summed E-state index contributed by atoms with van der Waals surface area (Å²) in [5, 5.41) is 17.3. The molecule has 248 valence electrons. The number of ether oxygens (including phenoxy) is 1. The number of nitrogens with one attached hydrogen (secondary N) is 3. The van der Waals surface area contributed by atoms with Gasteiger partial charge in [0, 0.05) is 13.0 Å². The first kappa shape index (κ1) is 35.3. The summed E-state index contributed by atoms with van der Waals surface area (Å²) >= 11 is 0. The molecule has 0 spiro atoms. The summed E-state index contributed by atoms with van der Waals surface area (Å²) in [6.07, 6.45) is -0.203. The first-order chi connectivity index (χ1) is 21.9. The highest BCUT2D eigenvalue weighted by Gasteiger charge is 2.40. The largest absolute Gasteiger partial charge is 0.508 e. The highest BCUT2D eigenvalue weighted by atomic mass is 16.5. The minimum absolute atomic E-state index is 0.00279. The highest BCUT2D eigenvalue weighted by Crippen LogP contribution is 2.21. The second-order valence-electron chi connectivity index (χ2n) is 11.3. The van der Waals surface area contributed by atoms with Gasteiger partial charge in [-0.15, -0.1) is 0 Å². The summed E-state index contributed by atoms with van der Waals surface area (Å²) in [6.45, 7) is 3.76. The van der Waals surface area contributed by atoms with Crippen molar-refractivity contribution in [3.8, 4) is 5.75 Å². The second-order valence-corrected chi connectivity index (χ2v) is 11.3. The molecule has 1 heterocycles. The molecule has 14 heteroatoms. The van der Waals surface area contributed by atoms with Crippen LogP contribution < -0.4 is 27.4 Å². The molecule has 2 aromatic carbocycles. The third kappa shape index (κ3) is 10.2. The van der Waals surface area contributed by atoms with Gasteiger partial charge in [0.25, 0.3) is 0 Å². The lowest BCUT2D eigenvalue weighted by Gasteiger charge is -2.31. The molecule has 6 amide bonds. The van der Waals surface area contributed by atoms with E-state index in [0.29, 0.717) is 30.4 Å². The Balaban J connectivity index is 1.80. The van der Waals surface area contributed by atoms with E-state index in [4.69, 9.17) is 16.2 Å². The third-order valence-corrected chi connectivity index (χ3v) is 7.87. The van der Waals surface area contributed by atoms with Crippen molar-refractivity contribution in [1.82, 2.24) is 20.9 Å². The van der Waals surface area contributed by atoms with E-state index >= 15 is 0 Å². The van der Waals surface area contributed by atoms with E-state index in [1.807, 2.05) is 6.92 Å². The average Bonchev–Trinajstić information content (AvgIpc) is 3.52. The normalized spacial score (nSPS) is 16.7. The van der Waals surface area contributed by atoms with Crippen LogP contribution in [0.5, 0.6) is 5.75 Å². The van der Waals surface area contributed by atoms with E-state index in [1.54, 1.807) is 49.4 Å². The van der Waals surface area contributed by atoms with Crippen LogP contribution >= 0.6 is 0 Å². The Bertz CT molecular complexity index is 1390. The van der Waals surface area contributed by atoms with Crippen LogP contribution in [-0.2, 0) is 41.7 Å². The SMILES string of the molecule is CC[C@H](C)[C@H](NC(=O)[C@H]1CCCN1C(=O)[C@H](Cc1ccc(O)cc1)NC(=O)[C@H](CC(N)=O)NC(=O)OCc1ccccc1)C(N)=O. The van der Waals surface area contributed by atoms with Gasteiger partial charge in [-0.1, -0.05) is 62.7 Å². The maximum atomic E-state index is 14.0. The van der Waals surface area contributed by atoms with Crippen molar-refractivity contribution in [2.24, 2.45) is 17.4 Å². The van der Waals surface area contributed by atoms with Crippen molar-refractivity contribution in [3.63, 3.8) is 0 Å². The molecule has 46 heavy (non-hydrogen) atoms. The third-order valence-electron chi connectivity index (χ3n) is 7.87. The summed E-state index contributed by atoms with van der Waals surface area (Å²) in [5.41, 5.74) is 12.2. The zero-order chi connectivity index (χ0) is 33.8. The van der Waals surface area contributed by atoms with Gasteiger partial charge >= 0.3 is 6.09 Å². The van der Waals surface area contributed by atoms with Crippen molar-refractivity contribution >= 4 is 35.6 Å². The van der Waals surface area contributed by atoms with E-state index < -0.39 is 66.2 Å². The molecule has 0 bridgehead atoms. The Morgan fingerprint density at radius 3 is 2.22 bits per heavy atom. The maximum absolute atomic E-state index is 14.0. The van der Waals surface area contributed by atoms with Crippen LogP contribution in [0.25, 0.3) is 0 Å². The fourth-order valence-electron chi connectivity index (χ4n) is 5.14. The van der Waals surface area contributed by atoms with E-state index in [-0.39, 0.29) is 31.2 Å². The molecule has 5 atom stereocenters. The van der Waals surface area contributed by atoms with E-state index in [9.17, 15) is 33.9 Å². The summed E-state index contributed by atoms with van der Waals surface area (Å²) in [4.78, 5) is 78.5. The molecule has 1 saturated heterocycles. The van der Waals surface area contributed by atoms with Crippen molar-refractivity contribution in [1.29, 1.82) is 0 Å². The number of carbonyl (C=O) groups excluding carboxylic acids is 6. The minimum atomic E-state index is -1.47. The number of hydrogen-bond donors (Lipinski definition) is 6. The van der Waals surface area contributed by atoms with Gasteiger partial charge < -0.3 is 42.2 Å². The van der Waals surface area contributed by atoms with Crippen LogP contribution in [0.4, 0.5) is 4.79 Å². The lowest BCUT2D eigenvalue weighted by Crippen LogP contribution is -2.59. The Hall–Kier alpha value is -5.14. The first-order valence-corrected chi connectivity index (χ1v) is 15.1. The van der Waals surface area contributed by atoms with Gasteiger partial charge in [0.05, 0.1) is 6.42 Å². The lowest BCUT2D eigenvalue weighted by atomic mass is 9.98. The topological polar surface area (TPSA) is 223 Å². The zero-order valence-electron chi connectivity index (χ0n) is 25.9. The van der Waals surface area contributed by atoms with Crippen LogP contribution in [-0.4, -0.2) is 76.3 Å². The van der Waals surface area contributed by atoms with Crippen LogP contribution in [0.15, 0.2) is 54.6 Å². The van der Waals surface area contributed by atoms with Gasteiger partial charge in [-0.25, -0.2) is 4.79 Å². The highest BCUT2D eigenvalue weighted by molar-refractivity contribution is 5.96. The van der Waals surface area contributed by atoms with E-state index in [1.165, 1.54) is 17.0 Å². The number of amides is 6. The Morgan fingerprint density at radius 1 is 0.935 bits per heavy atom. The zero-order valence-corrected chi connectivity index (χ0v) is 25.9. The monoisotopic (exact) mass is 638 g/mol. The summed E-state index contributed by atoms with van der Waals surface area (Å²) in [7, 11) is 0. The fraction of sp³-hybridized carbons (Fsp3) is 0.438. The molecular weight excluding hydrogens is 596 g/mol. The first-order valence-electron chi connectivity index (χ1n) is 15.1. The predicted octanol–water partition coefficient (Wildman–Crippen LogP) is 0.597. The maximum Gasteiger partial charge on any atom is 0.408 e. The number of hydrogen-bond acceptors (Lipinski definition) is 8. The van der Waals surface area contributed by atoms with Crippen molar-refractivity contribution in [3.05, 3.63) is 65.7 Å². The number of likely N-dealkylation sites (tertiary alicyclic amines) is 1. The van der Waals surface area contributed by atoms with E-state index in [2.05, 4.69) is 16.0 Å². The van der Waals surface area contributed by atoms with Crippen LogP contribution in [0.2, 0.25) is 0 Å². The van der Waals surface area contributed by atoms with Gasteiger partial charge in [-0.2, -0.15) is 0 Å². The second kappa shape index (κ2) is 16.8. The number of benzene rings is 2. The minimum Gasteiger partial charge on any atom is -0.508 e. The molecule has 14 nitrogen and oxygen atoms in total. The number of primary amides is 2. The molecule has 0 radical (unpaired) electrons. The summed E-state index contributed by atoms with van der Waals surface area (Å²) in [5.74, 6) is -3.82. The summed E-state index contributed by atoms with van der Waals surface area (Å²) in [6, 6.07) is 10.2. The average molecular weight is 639 g/mol. The Kier molecular flexibility index (Phi) is 12.9. The fourth-order valence-corrected chi connectivity index (χ4v) is 5.14. The van der Waals surface area contributed by atoms with Crippen LogP contribution in [0, 0.1) is 5.92 Å². The van der Waals surface area contributed by atoms with Gasteiger partial charge in [0.2, 0.25) is 29.5 Å². The number of phenolic OH excluding ortho intramolecular Hbond substituents is 1. The number of phenols is 1. The molecule has 0 aliphatic carbocycles. The van der Waals surface area contributed by atoms with Gasteiger partial charge in [0.15, 0.2) is 0 Å². The number of nitrogens with zero attached hydrogens (tertiary/aromatic N) is 1. The molecule has 1 aliphatic heterocycles. The van der Waals surface area contributed by atoms with Gasteiger partial charge in [0.1, 0.15) is 36.5 Å². The van der Waals surface area contributed by atoms with E-state index in [0.717, 1.165) is 0 Å². The van der Waals surface area contributed by atoms with Crippen molar-refractivity contribution in [2.75, 3.05) is 6.54 Å². The van der Waals surface area contributed by atoms with Crippen molar-refractivity contribution < 1.29 is 38.6 Å². The number of carbonyl (C=O) groups is 6. The number of aromatic hydroxyl groups is 1. The quantitative estimate of drug-likeness (QED) is 0.162. The predicted molar refractivity (Wildman–Crippen MR) is 166 cm³/mol. The van der Waals surface area contributed by atoms with Crippen LogP contribution in [0.3, 0.4) is 0 Å². The molecule has 0 unspecified atom stereocenters. The summed E-state index contributed by atoms with van der Waals surface area (Å²) < 4.78 is 5.19. The molecule has 0 aromatic heterocycles. The van der Waals surface area contributed by atoms with Crippen LogP contribution in [0.1, 0.15) is 50.7 Å². The van der Waals surface area contributed by atoms with Crippen molar-refractivity contribution in [2.45, 2.75) is 76.7 Å². The smallest absolute Gasteiger partial charge is 0.408 e. The standard InChI is InChI=1S/C32H42N6O8/c1-3-19(2)27(28(34)41)37-30(43)25-10-7-15-38(25)31(44)24(16-20-11-13-22(39)14-12-20)35-29(42)23(17-26(33)40)36-32(45)46-18-21-8-5-4-6-9-21/h4-6,8-9,11-14,19,23-25,27,39H,3,7,10,15-18H2,1-2H3,(H2,33,40)(H2,34,41)(H,35,42)(H,36,45)(H,37,43)/t19-,23-,24-,25+,27-/m0/s1. The number of alkyl carbamates (subject to hydrolysis) is 1. The molecule has 1 aliphatic rings.